The molecule has 1 aliphatic heterocycles. The molecule has 114 valence electrons. The molecule has 0 N–H and O–H groups in total. The molecule has 0 saturated carbocycles. The Morgan fingerprint density at radius 3 is 2.91 bits per heavy atom. The van der Waals surface area contributed by atoms with Gasteiger partial charge in [-0.1, -0.05) is 30.3 Å². The number of hydrogen-bond donors (Lipinski definition) is 0. The number of nitrogens with zero attached hydrogens (tertiary/aromatic N) is 3. The van der Waals surface area contributed by atoms with E-state index in [2.05, 4.69) is 22.0 Å². The molecule has 2 heterocycles. The third-order valence-corrected chi connectivity index (χ3v) is 4.12. The second-order valence-electron chi connectivity index (χ2n) is 4.88. The van der Waals surface area contributed by atoms with Crippen LogP contribution in [-0.2, 0) is 11.3 Å². The topological polar surface area (TPSA) is 45.7 Å². The highest BCUT2D eigenvalue weighted by Crippen LogP contribution is 2.25. The van der Waals surface area contributed by atoms with Gasteiger partial charge in [-0.3, -0.25) is 0 Å². The molecule has 0 radical (unpaired) electrons. The number of thiazole rings is 1. The predicted molar refractivity (Wildman–Crippen MR) is 86.5 cm³/mol. The first-order chi connectivity index (χ1) is 10.8. The fraction of sp³-hybridized carbons (Fsp3) is 0.250. The summed E-state index contributed by atoms with van der Waals surface area (Å²) in [6.07, 6.45) is 4.02. The molecule has 0 saturated heterocycles. The fourth-order valence-corrected chi connectivity index (χ4v) is 2.98. The number of aromatic nitrogens is 1. The minimum atomic E-state index is -0.366. The Morgan fingerprint density at radius 2 is 2.14 bits per heavy atom. The fourth-order valence-electron chi connectivity index (χ4n) is 2.20. The summed E-state index contributed by atoms with van der Waals surface area (Å²) in [4.78, 5) is 20.2. The quantitative estimate of drug-likeness (QED) is 0.794. The van der Waals surface area contributed by atoms with Crippen molar-refractivity contribution < 1.29 is 9.53 Å². The largest absolute Gasteiger partial charge is 0.461 e. The molecule has 5 nitrogen and oxygen atoms in total. The Labute approximate surface area is 133 Å². The van der Waals surface area contributed by atoms with Crippen molar-refractivity contribution in [2.24, 2.45) is 0 Å². The third kappa shape index (κ3) is 3.28. The molecule has 0 spiro atoms. The zero-order valence-electron chi connectivity index (χ0n) is 12.3. The third-order valence-electron chi connectivity index (χ3n) is 3.24. The van der Waals surface area contributed by atoms with Gasteiger partial charge in [0.1, 0.15) is 0 Å². The number of anilines is 1. The first-order valence-electron chi connectivity index (χ1n) is 7.12. The van der Waals surface area contributed by atoms with Gasteiger partial charge in [0.05, 0.1) is 13.3 Å². The number of hydrogen-bond acceptors (Lipinski definition) is 6. The van der Waals surface area contributed by atoms with E-state index in [4.69, 9.17) is 4.74 Å². The lowest BCUT2D eigenvalue weighted by atomic mass is 10.2. The summed E-state index contributed by atoms with van der Waals surface area (Å²) in [6, 6.07) is 10.3. The van der Waals surface area contributed by atoms with Crippen LogP contribution in [-0.4, -0.2) is 29.1 Å². The maximum Gasteiger partial charge on any atom is 0.357 e. The highest BCUT2D eigenvalue weighted by molar-refractivity contribution is 7.14. The van der Waals surface area contributed by atoms with Crippen molar-refractivity contribution >= 4 is 22.4 Å². The van der Waals surface area contributed by atoms with Crippen LogP contribution >= 0.6 is 11.3 Å². The van der Waals surface area contributed by atoms with E-state index in [-0.39, 0.29) is 5.97 Å². The highest BCUT2D eigenvalue weighted by atomic mass is 32.1. The van der Waals surface area contributed by atoms with Crippen molar-refractivity contribution in [1.29, 1.82) is 0 Å². The van der Waals surface area contributed by atoms with Crippen LogP contribution in [0.25, 0.3) is 0 Å². The summed E-state index contributed by atoms with van der Waals surface area (Å²) in [5, 5.41) is 2.54. The van der Waals surface area contributed by atoms with Crippen LogP contribution in [0.4, 0.5) is 5.13 Å². The van der Waals surface area contributed by atoms with Gasteiger partial charge in [-0.05, 0) is 12.5 Å². The maximum absolute atomic E-state index is 11.7. The molecule has 3 rings (SSSR count). The lowest BCUT2D eigenvalue weighted by Crippen LogP contribution is -2.24. The van der Waals surface area contributed by atoms with Gasteiger partial charge in [-0.25, -0.2) is 9.78 Å². The second kappa shape index (κ2) is 6.62. The van der Waals surface area contributed by atoms with Crippen molar-refractivity contribution in [2.75, 3.05) is 18.2 Å². The Hall–Kier alpha value is -2.34. The molecular weight excluding hydrogens is 298 g/mol. The molecule has 1 aromatic carbocycles. The Morgan fingerprint density at radius 1 is 1.32 bits per heavy atom. The average molecular weight is 315 g/mol. The van der Waals surface area contributed by atoms with Crippen molar-refractivity contribution in [1.82, 2.24) is 9.88 Å². The second-order valence-corrected chi connectivity index (χ2v) is 5.71. The summed E-state index contributed by atoms with van der Waals surface area (Å²) in [6.45, 7) is 3.73. The van der Waals surface area contributed by atoms with Gasteiger partial charge in [-0.15, -0.1) is 11.3 Å². The summed E-state index contributed by atoms with van der Waals surface area (Å²) in [7, 11) is 0. The van der Waals surface area contributed by atoms with Crippen LogP contribution < -0.4 is 4.90 Å². The van der Waals surface area contributed by atoms with E-state index >= 15 is 0 Å². The summed E-state index contributed by atoms with van der Waals surface area (Å²) < 4.78 is 4.96. The van der Waals surface area contributed by atoms with E-state index in [1.54, 1.807) is 12.3 Å². The summed E-state index contributed by atoms with van der Waals surface area (Å²) >= 11 is 1.45. The summed E-state index contributed by atoms with van der Waals surface area (Å²) in [5.41, 5.74) is 1.64. The van der Waals surface area contributed by atoms with E-state index in [1.165, 1.54) is 16.9 Å². The van der Waals surface area contributed by atoms with Gasteiger partial charge in [0.15, 0.2) is 10.8 Å². The molecule has 0 bridgehead atoms. The Balaban J connectivity index is 1.61. The van der Waals surface area contributed by atoms with Crippen LogP contribution in [0, 0.1) is 0 Å². The molecule has 22 heavy (non-hydrogen) atoms. The van der Waals surface area contributed by atoms with Crippen LogP contribution in [0.3, 0.4) is 0 Å². The normalized spacial score (nSPS) is 13.7. The standard InChI is InChI=1S/C16H17N3O2S/c1-2-21-15(20)14-11-22-16(17-14)19-9-8-18(12-19)10-13-6-4-3-5-7-13/h3-9,11H,2,10,12H2,1H3. The zero-order valence-corrected chi connectivity index (χ0v) is 13.1. The molecule has 0 fully saturated rings. The van der Waals surface area contributed by atoms with Crippen molar-refractivity contribution in [3.8, 4) is 0 Å². The SMILES string of the molecule is CCOC(=O)c1csc(N2C=CN(Cc3ccccc3)C2)n1. The van der Waals surface area contributed by atoms with Gasteiger partial charge >= 0.3 is 5.97 Å². The van der Waals surface area contributed by atoms with Gasteiger partial charge < -0.3 is 14.5 Å². The first-order valence-corrected chi connectivity index (χ1v) is 8.00. The minimum absolute atomic E-state index is 0.361. The first kappa shape index (κ1) is 14.6. The van der Waals surface area contributed by atoms with E-state index < -0.39 is 0 Å². The molecule has 6 heteroatoms. The number of esters is 1. The molecule has 0 amide bonds. The minimum Gasteiger partial charge on any atom is -0.461 e. The molecule has 0 unspecified atom stereocenters. The Bertz CT molecular complexity index is 669. The highest BCUT2D eigenvalue weighted by Gasteiger charge is 2.19. The molecule has 0 aliphatic carbocycles. The van der Waals surface area contributed by atoms with Crippen molar-refractivity contribution in [3.63, 3.8) is 0 Å². The van der Waals surface area contributed by atoms with Crippen LogP contribution in [0.5, 0.6) is 0 Å². The molecule has 1 aromatic heterocycles. The van der Waals surface area contributed by atoms with Crippen LogP contribution in [0.15, 0.2) is 48.1 Å². The van der Waals surface area contributed by atoms with Crippen molar-refractivity contribution in [2.45, 2.75) is 13.5 Å². The number of carbonyl (C=O) groups is 1. The van der Waals surface area contributed by atoms with E-state index in [0.717, 1.165) is 18.3 Å². The van der Waals surface area contributed by atoms with E-state index in [9.17, 15) is 4.79 Å². The van der Waals surface area contributed by atoms with E-state index in [0.29, 0.717) is 12.3 Å². The van der Waals surface area contributed by atoms with Crippen LogP contribution in [0.1, 0.15) is 23.0 Å². The molecular formula is C16H17N3O2S. The van der Waals surface area contributed by atoms with Gasteiger partial charge in [0.2, 0.25) is 0 Å². The van der Waals surface area contributed by atoms with Crippen LogP contribution in [0.2, 0.25) is 0 Å². The molecule has 1 aliphatic rings. The number of ether oxygens (including phenoxy) is 1. The molecule has 0 atom stereocenters. The Kier molecular flexibility index (Phi) is 4.39. The zero-order chi connectivity index (χ0) is 15.4. The molecule has 2 aromatic rings. The predicted octanol–water partition coefficient (Wildman–Crippen LogP) is 3.07. The van der Waals surface area contributed by atoms with Crippen molar-refractivity contribution in [3.05, 3.63) is 59.4 Å². The smallest absolute Gasteiger partial charge is 0.357 e. The number of benzene rings is 1. The van der Waals surface area contributed by atoms with Gasteiger partial charge in [0.25, 0.3) is 0 Å². The number of rotatable bonds is 5. The van der Waals surface area contributed by atoms with E-state index in [1.807, 2.05) is 35.5 Å². The summed E-state index contributed by atoms with van der Waals surface area (Å²) in [5.74, 6) is -0.366. The van der Waals surface area contributed by atoms with Gasteiger partial charge in [0, 0.05) is 24.3 Å². The lowest BCUT2D eigenvalue weighted by Gasteiger charge is -2.19. The monoisotopic (exact) mass is 315 g/mol. The lowest BCUT2D eigenvalue weighted by molar-refractivity contribution is 0.0520. The van der Waals surface area contributed by atoms with Gasteiger partial charge in [-0.2, -0.15) is 0 Å². The maximum atomic E-state index is 11.7. The average Bonchev–Trinajstić information content (AvgIpc) is 3.17. The number of carbonyl (C=O) groups excluding carboxylic acids is 1.